The van der Waals surface area contributed by atoms with Crippen LogP contribution in [0, 0.1) is 0 Å². The average molecular weight is 605 g/mol. The Morgan fingerprint density at radius 2 is 0.742 bits per heavy atom. The zero-order valence-corrected chi connectivity index (χ0v) is 23.3. The minimum atomic E-state index is -1.43. The van der Waals surface area contributed by atoms with E-state index < -0.39 is 24.7 Å². The Hall–Kier alpha value is -0.883. The molecule has 4 aromatic rings. The second kappa shape index (κ2) is 13.0. The van der Waals surface area contributed by atoms with Crippen molar-refractivity contribution in [2.24, 2.45) is 0 Å². The molecule has 0 spiro atoms. The zero-order valence-electron chi connectivity index (χ0n) is 16.3. The molecular formula is C21H18As2N4S4. The van der Waals surface area contributed by atoms with Crippen LogP contribution in [-0.4, -0.2) is 44.6 Å². The Balaban J connectivity index is 1.55. The summed E-state index contributed by atoms with van der Waals surface area (Å²) in [6.45, 7) is 0. The van der Waals surface area contributed by atoms with E-state index in [9.17, 15) is 0 Å². The fourth-order valence-electron chi connectivity index (χ4n) is 2.27. The number of hydrogen-bond acceptors (Lipinski definition) is 8. The van der Waals surface area contributed by atoms with Gasteiger partial charge in [0.25, 0.3) is 0 Å². The van der Waals surface area contributed by atoms with E-state index in [4.69, 9.17) is 0 Å². The van der Waals surface area contributed by atoms with Gasteiger partial charge in [0, 0.05) is 0 Å². The van der Waals surface area contributed by atoms with Gasteiger partial charge in [-0.25, -0.2) is 0 Å². The first kappa shape index (κ1) is 23.3. The van der Waals surface area contributed by atoms with Gasteiger partial charge < -0.3 is 0 Å². The maximum absolute atomic E-state index is 4.58. The van der Waals surface area contributed by atoms with E-state index in [1.807, 2.05) is 89.2 Å². The molecule has 0 unspecified atom stereocenters. The molecule has 10 heteroatoms. The average Bonchev–Trinajstić information content (AvgIpc) is 2.82. The topological polar surface area (TPSA) is 51.6 Å². The number of hydrogen-bond donors (Lipinski definition) is 0. The van der Waals surface area contributed by atoms with E-state index in [-0.39, 0.29) is 0 Å². The molecule has 0 radical (unpaired) electrons. The molecule has 0 bridgehead atoms. The Morgan fingerprint density at radius 1 is 0.452 bits per heavy atom. The zero-order chi connectivity index (χ0) is 21.1. The Bertz CT molecular complexity index is 866. The van der Waals surface area contributed by atoms with E-state index in [0.29, 0.717) is 0 Å². The van der Waals surface area contributed by atoms with Gasteiger partial charge >= 0.3 is 206 Å². The molecule has 4 heterocycles. The fraction of sp³-hybridized carbons (Fsp3) is 0.0476. The van der Waals surface area contributed by atoms with Crippen LogP contribution in [0.3, 0.4) is 0 Å². The van der Waals surface area contributed by atoms with Gasteiger partial charge in [0.15, 0.2) is 0 Å². The third-order valence-electron chi connectivity index (χ3n) is 3.56. The van der Waals surface area contributed by atoms with Gasteiger partial charge in [0.1, 0.15) is 0 Å². The molecule has 0 saturated carbocycles. The van der Waals surface area contributed by atoms with Crippen molar-refractivity contribution >= 4 is 64.8 Å². The molecule has 0 saturated heterocycles. The van der Waals surface area contributed by atoms with Crippen LogP contribution in [0.1, 0.15) is 0 Å². The van der Waals surface area contributed by atoms with E-state index in [0.717, 1.165) is 20.1 Å². The quantitative estimate of drug-likeness (QED) is 0.197. The van der Waals surface area contributed by atoms with Crippen molar-refractivity contribution in [3.8, 4) is 0 Å². The molecule has 0 atom stereocenters. The molecule has 0 fully saturated rings. The second-order valence-corrected chi connectivity index (χ2v) is 30.9. The van der Waals surface area contributed by atoms with Crippen molar-refractivity contribution in [1.82, 2.24) is 19.9 Å². The molecule has 4 rings (SSSR count). The number of aromatic nitrogens is 4. The summed E-state index contributed by atoms with van der Waals surface area (Å²) in [7, 11) is 7.84. The summed E-state index contributed by atoms with van der Waals surface area (Å²) in [5, 5.41) is 4.41. The van der Waals surface area contributed by atoms with Crippen molar-refractivity contribution in [3.63, 3.8) is 0 Å². The molecule has 0 aliphatic heterocycles. The van der Waals surface area contributed by atoms with Gasteiger partial charge in [-0.2, -0.15) is 0 Å². The van der Waals surface area contributed by atoms with Gasteiger partial charge in [-0.05, 0) is 0 Å². The third kappa shape index (κ3) is 8.19. The first-order valence-corrected chi connectivity index (χ1v) is 24.2. The standard InChI is InChI=1S/C21H18As2N4S4/c1-5-13-24-18(9-1)28-22(29-19-10-2-6-14-25-19)17-23(30-20-11-3-7-15-26-20)31-21-12-4-8-16-27-21/h1-16H,17H2. The number of pyridine rings is 4. The van der Waals surface area contributed by atoms with Gasteiger partial charge in [-0.3, -0.25) is 0 Å². The summed E-state index contributed by atoms with van der Waals surface area (Å²) in [5.74, 6) is 0. The predicted molar refractivity (Wildman–Crippen MR) is 137 cm³/mol. The fourth-order valence-corrected chi connectivity index (χ4v) is 50.6. The van der Waals surface area contributed by atoms with Crippen molar-refractivity contribution in [1.29, 1.82) is 0 Å². The summed E-state index contributed by atoms with van der Waals surface area (Å²) in [4.78, 5) is 18.3. The van der Waals surface area contributed by atoms with Gasteiger partial charge in [0.05, 0.1) is 0 Å². The van der Waals surface area contributed by atoms with Crippen LogP contribution in [0.2, 0.25) is 4.00 Å². The molecule has 4 nitrogen and oxygen atoms in total. The molecule has 0 aliphatic rings. The summed E-state index contributed by atoms with van der Waals surface area (Å²) >= 11 is -2.87. The monoisotopic (exact) mass is 604 g/mol. The Labute approximate surface area is 204 Å². The van der Waals surface area contributed by atoms with Crippen molar-refractivity contribution in [2.45, 2.75) is 24.1 Å². The van der Waals surface area contributed by atoms with E-state index >= 15 is 0 Å². The van der Waals surface area contributed by atoms with E-state index in [1.54, 1.807) is 0 Å². The summed E-state index contributed by atoms with van der Waals surface area (Å²) < 4.78 is 1.21. The molecule has 0 N–H and O–H groups in total. The molecule has 0 amide bonds. The summed E-state index contributed by atoms with van der Waals surface area (Å²) in [6, 6.07) is 24.6. The normalized spacial score (nSPS) is 11.2. The first-order chi connectivity index (χ1) is 15.3. The SMILES string of the molecule is c1ccc(S[As](C[As](Sc2ccccn2)Sc2ccccn2)Sc2ccccn2)nc1. The minimum absolute atomic E-state index is 1.10. The van der Waals surface area contributed by atoms with Gasteiger partial charge in [0.2, 0.25) is 0 Å². The third-order valence-corrected chi connectivity index (χ3v) is 39.1. The van der Waals surface area contributed by atoms with Crippen LogP contribution in [0.15, 0.2) is 118 Å². The molecule has 0 aromatic carbocycles. The van der Waals surface area contributed by atoms with Crippen molar-refractivity contribution in [3.05, 3.63) is 97.6 Å². The van der Waals surface area contributed by atoms with Crippen molar-refractivity contribution < 1.29 is 0 Å². The molecular weight excluding hydrogens is 586 g/mol. The van der Waals surface area contributed by atoms with Crippen LogP contribution in [0.5, 0.6) is 0 Å². The Morgan fingerprint density at radius 3 is 0.968 bits per heavy atom. The van der Waals surface area contributed by atoms with Crippen LogP contribution in [0.25, 0.3) is 0 Å². The maximum atomic E-state index is 4.58. The van der Waals surface area contributed by atoms with Gasteiger partial charge in [-0.15, -0.1) is 0 Å². The molecule has 156 valence electrons. The predicted octanol–water partition coefficient (Wildman–Crippen LogP) is 6.25. The van der Waals surface area contributed by atoms with Gasteiger partial charge in [-0.1, -0.05) is 0 Å². The number of rotatable bonds is 10. The summed E-state index contributed by atoms with van der Waals surface area (Å²) in [6.07, 6.45) is 7.50. The molecule has 4 aromatic heterocycles. The second-order valence-electron chi connectivity index (χ2n) is 5.84. The summed E-state index contributed by atoms with van der Waals surface area (Å²) in [5.41, 5.74) is 0. The van der Waals surface area contributed by atoms with Crippen molar-refractivity contribution in [2.75, 3.05) is 0 Å². The first-order valence-electron chi connectivity index (χ1n) is 9.26. The molecule has 31 heavy (non-hydrogen) atoms. The van der Waals surface area contributed by atoms with E-state index in [1.165, 1.54) is 4.00 Å². The Kier molecular flexibility index (Phi) is 9.75. The van der Waals surface area contributed by atoms with Crippen LogP contribution in [0.4, 0.5) is 0 Å². The number of nitrogens with zero attached hydrogens (tertiary/aromatic N) is 4. The molecule has 0 aliphatic carbocycles. The van der Waals surface area contributed by atoms with Crippen LogP contribution in [-0.2, 0) is 0 Å². The van der Waals surface area contributed by atoms with Crippen LogP contribution >= 0.6 is 40.1 Å². The van der Waals surface area contributed by atoms with E-state index in [2.05, 4.69) is 68.5 Å². The van der Waals surface area contributed by atoms with Crippen LogP contribution < -0.4 is 0 Å².